The first-order chi connectivity index (χ1) is 16.7. The third-order valence-corrected chi connectivity index (χ3v) is 5.65. The number of fused-ring (bicyclic) bond motifs is 2. The molecule has 1 aromatic carbocycles. The minimum atomic E-state index is -4.59. The molecule has 2 amide bonds. The van der Waals surface area contributed by atoms with Crippen LogP contribution >= 0.6 is 0 Å². The Labute approximate surface area is 199 Å². The van der Waals surface area contributed by atoms with Crippen molar-refractivity contribution in [3.05, 3.63) is 41.9 Å². The summed E-state index contributed by atoms with van der Waals surface area (Å²) in [5.41, 5.74) is -0.200. The van der Waals surface area contributed by atoms with Gasteiger partial charge in [0.25, 0.3) is 5.91 Å². The van der Waals surface area contributed by atoms with E-state index in [-0.39, 0.29) is 29.5 Å². The lowest BCUT2D eigenvalue weighted by Crippen LogP contribution is -2.28. The first-order valence-corrected chi connectivity index (χ1v) is 11.2. The van der Waals surface area contributed by atoms with Gasteiger partial charge >= 0.3 is 6.18 Å². The number of halogens is 3. The summed E-state index contributed by atoms with van der Waals surface area (Å²) in [5.74, 6) is 0.254. The highest BCUT2D eigenvalue weighted by Gasteiger charge is 2.32. The number of anilines is 3. The van der Waals surface area contributed by atoms with Crippen molar-refractivity contribution in [1.29, 1.82) is 0 Å². The second-order valence-electron chi connectivity index (χ2n) is 8.25. The highest BCUT2D eigenvalue weighted by atomic mass is 19.4. The molecule has 2 aromatic rings. The minimum absolute atomic E-state index is 0.0172. The fourth-order valence-electron chi connectivity index (χ4n) is 3.79. The summed E-state index contributed by atoms with van der Waals surface area (Å²) < 4.78 is 46.0. The third kappa shape index (κ3) is 5.81. The third-order valence-electron chi connectivity index (χ3n) is 5.65. The highest BCUT2D eigenvalue weighted by molar-refractivity contribution is 6.32. The fraction of sp³-hybridized carbons (Fsp3) is 0.391. The van der Waals surface area contributed by atoms with Crippen molar-refractivity contribution in [2.75, 3.05) is 42.7 Å². The Morgan fingerprint density at radius 3 is 2.66 bits per heavy atom. The Morgan fingerprint density at radius 1 is 1.06 bits per heavy atom. The fourth-order valence-corrected chi connectivity index (χ4v) is 3.79. The van der Waals surface area contributed by atoms with E-state index in [0.29, 0.717) is 56.0 Å². The molecule has 0 fully saturated rings. The maximum absolute atomic E-state index is 13.5. The van der Waals surface area contributed by atoms with Crippen LogP contribution in [0.3, 0.4) is 0 Å². The zero-order valence-electron chi connectivity index (χ0n) is 19.0. The SMILES string of the molecule is CN1CCCNc2ncnc3c2/C(=C/Nc2cc(cc(C(F)(F)F)c2)OCCCCC1=O)C(=O)N3. The van der Waals surface area contributed by atoms with Gasteiger partial charge in [-0.05, 0) is 31.4 Å². The van der Waals surface area contributed by atoms with Gasteiger partial charge in [-0.3, -0.25) is 9.59 Å². The van der Waals surface area contributed by atoms with Crippen LogP contribution in [0.25, 0.3) is 5.57 Å². The number of amides is 2. The van der Waals surface area contributed by atoms with Gasteiger partial charge in [0.15, 0.2) is 0 Å². The van der Waals surface area contributed by atoms with Crippen molar-refractivity contribution in [3.8, 4) is 5.75 Å². The van der Waals surface area contributed by atoms with Crippen molar-refractivity contribution in [2.24, 2.45) is 0 Å². The van der Waals surface area contributed by atoms with E-state index in [0.717, 1.165) is 12.1 Å². The quantitative estimate of drug-likeness (QED) is 0.517. The van der Waals surface area contributed by atoms with Crippen LogP contribution in [0.5, 0.6) is 5.75 Å². The molecule has 12 heteroatoms. The van der Waals surface area contributed by atoms with E-state index in [2.05, 4.69) is 25.9 Å². The lowest BCUT2D eigenvalue weighted by Gasteiger charge is -2.17. The largest absolute Gasteiger partial charge is 0.494 e. The van der Waals surface area contributed by atoms with E-state index in [1.807, 2.05) is 0 Å². The zero-order valence-corrected chi connectivity index (χ0v) is 19.0. The Balaban J connectivity index is 1.68. The number of aromatic nitrogens is 2. The second kappa shape index (κ2) is 10.2. The lowest BCUT2D eigenvalue weighted by molar-refractivity contribution is -0.137. The average Bonchev–Trinajstić information content (AvgIpc) is 3.14. The predicted molar refractivity (Wildman–Crippen MR) is 124 cm³/mol. The molecule has 0 saturated heterocycles. The van der Waals surface area contributed by atoms with E-state index >= 15 is 0 Å². The molecular weight excluding hydrogens is 465 g/mol. The van der Waals surface area contributed by atoms with Crippen molar-refractivity contribution in [2.45, 2.75) is 31.9 Å². The zero-order chi connectivity index (χ0) is 25.0. The van der Waals surface area contributed by atoms with Gasteiger partial charge in [0.1, 0.15) is 23.7 Å². The minimum Gasteiger partial charge on any atom is -0.494 e. The number of benzene rings is 1. The van der Waals surface area contributed by atoms with Crippen LogP contribution in [0.15, 0.2) is 30.7 Å². The van der Waals surface area contributed by atoms with Crippen LogP contribution in [0.1, 0.15) is 36.8 Å². The normalized spacial score (nSPS) is 19.0. The van der Waals surface area contributed by atoms with Gasteiger partial charge in [0, 0.05) is 44.5 Å². The Bertz CT molecular complexity index is 1150. The van der Waals surface area contributed by atoms with Crippen LogP contribution in [0.4, 0.5) is 30.5 Å². The van der Waals surface area contributed by atoms with Crippen LogP contribution in [0.2, 0.25) is 0 Å². The molecule has 186 valence electrons. The Kier molecular flexibility index (Phi) is 7.08. The summed E-state index contributed by atoms with van der Waals surface area (Å²) in [6, 6.07) is 3.29. The van der Waals surface area contributed by atoms with Crippen LogP contribution in [-0.4, -0.2) is 53.4 Å². The molecule has 0 radical (unpaired) electrons. The maximum Gasteiger partial charge on any atom is 0.416 e. The molecule has 35 heavy (non-hydrogen) atoms. The summed E-state index contributed by atoms with van der Waals surface area (Å²) in [4.78, 5) is 34.9. The molecular formula is C23H25F3N6O3. The number of alkyl halides is 3. The Morgan fingerprint density at radius 2 is 1.86 bits per heavy atom. The van der Waals surface area contributed by atoms with Crippen LogP contribution in [-0.2, 0) is 15.8 Å². The number of ether oxygens (including phenoxy) is 1. The van der Waals surface area contributed by atoms with Gasteiger partial charge in [-0.1, -0.05) is 0 Å². The van der Waals surface area contributed by atoms with E-state index in [1.165, 1.54) is 18.6 Å². The van der Waals surface area contributed by atoms with Gasteiger partial charge in [-0.2, -0.15) is 13.2 Å². The van der Waals surface area contributed by atoms with Crippen molar-refractivity contribution in [3.63, 3.8) is 0 Å². The standard InChI is InChI=1S/C23H25F3N6O3/c1-32-7-4-6-27-20-19-17(22(34)31-21(19)30-13-29-20)12-28-15-9-14(23(24,25)26)10-16(11-15)35-8-3-2-5-18(32)33/h9-13,28H,2-8H2,1H3,(H2,27,29,30,31,34)/b17-12-. The molecule has 2 aliphatic rings. The predicted octanol–water partition coefficient (Wildman–Crippen LogP) is 3.72. The van der Waals surface area contributed by atoms with Crippen LogP contribution < -0.4 is 20.7 Å². The van der Waals surface area contributed by atoms with E-state index in [4.69, 9.17) is 4.74 Å². The molecule has 3 heterocycles. The first kappa shape index (κ1) is 24.3. The summed E-state index contributed by atoms with van der Waals surface area (Å²) in [6.45, 7) is 1.18. The maximum atomic E-state index is 13.5. The number of nitrogens with zero attached hydrogens (tertiary/aromatic N) is 3. The summed E-state index contributed by atoms with van der Waals surface area (Å²) >= 11 is 0. The van der Waals surface area contributed by atoms with Gasteiger partial charge in [0.05, 0.1) is 23.3 Å². The number of carbonyl (C=O) groups is 2. The number of nitrogens with one attached hydrogen (secondary N) is 3. The molecule has 0 saturated carbocycles. The second-order valence-corrected chi connectivity index (χ2v) is 8.25. The molecule has 1 aromatic heterocycles. The van der Waals surface area contributed by atoms with E-state index < -0.39 is 17.6 Å². The monoisotopic (exact) mass is 490 g/mol. The van der Waals surface area contributed by atoms with Crippen LogP contribution in [0, 0.1) is 0 Å². The van der Waals surface area contributed by atoms with Crippen molar-refractivity contribution >= 4 is 34.7 Å². The molecule has 0 spiro atoms. The number of rotatable bonds is 0. The molecule has 4 rings (SSSR count). The van der Waals surface area contributed by atoms with Crippen molar-refractivity contribution < 1.29 is 27.5 Å². The molecule has 3 N–H and O–H groups in total. The molecule has 0 atom stereocenters. The molecule has 2 aliphatic heterocycles. The van der Waals surface area contributed by atoms with Gasteiger partial charge in [-0.25, -0.2) is 9.97 Å². The smallest absolute Gasteiger partial charge is 0.416 e. The highest BCUT2D eigenvalue weighted by Crippen LogP contribution is 2.36. The topological polar surface area (TPSA) is 108 Å². The number of hydrogen-bond donors (Lipinski definition) is 3. The molecule has 0 aliphatic carbocycles. The number of hydrogen-bond acceptors (Lipinski definition) is 7. The Hall–Kier alpha value is -3.83. The number of carbonyl (C=O) groups excluding carboxylic acids is 2. The molecule has 0 unspecified atom stereocenters. The van der Waals surface area contributed by atoms with E-state index in [1.54, 1.807) is 11.9 Å². The molecule has 9 nitrogen and oxygen atoms in total. The van der Waals surface area contributed by atoms with Crippen molar-refractivity contribution in [1.82, 2.24) is 14.9 Å². The summed E-state index contributed by atoms with van der Waals surface area (Å²) in [5, 5.41) is 8.59. The van der Waals surface area contributed by atoms with Gasteiger partial charge in [-0.15, -0.1) is 0 Å². The van der Waals surface area contributed by atoms with Gasteiger partial charge < -0.3 is 25.6 Å². The average molecular weight is 490 g/mol. The van der Waals surface area contributed by atoms with Gasteiger partial charge in [0.2, 0.25) is 5.91 Å². The molecule has 2 bridgehead atoms. The summed E-state index contributed by atoms with van der Waals surface area (Å²) in [7, 11) is 1.73. The lowest BCUT2D eigenvalue weighted by atomic mass is 10.1. The van der Waals surface area contributed by atoms with E-state index in [9.17, 15) is 22.8 Å². The summed E-state index contributed by atoms with van der Waals surface area (Å²) in [6.07, 6.45) is 0.0886. The first-order valence-electron chi connectivity index (χ1n) is 11.2.